The molecule has 2 saturated heterocycles. The Morgan fingerprint density at radius 1 is 1.19 bits per heavy atom. The van der Waals surface area contributed by atoms with Crippen molar-refractivity contribution in [1.82, 2.24) is 9.80 Å². The summed E-state index contributed by atoms with van der Waals surface area (Å²) in [5.74, 6) is 0.582. The van der Waals surface area contributed by atoms with Crippen LogP contribution >= 0.6 is 0 Å². The normalized spacial score (nSPS) is 27.8. The van der Waals surface area contributed by atoms with E-state index in [0.717, 1.165) is 65.1 Å². The van der Waals surface area contributed by atoms with E-state index in [1.165, 1.54) is 12.8 Å². The maximum Gasteiger partial charge on any atom is 0.252 e. The van der Waals surface area contributed by atoms with Crippen molar-refractivity contribution in [2.45, 2.75) is 45.1 Å². The van der Waals surface area contributed by atoms with Crippen LogP contribution in [0.5, 0.6) is 0 Å². The molecule has 2 aliphatic rings. The van der Waals surface area contributed by atoms with Crippen LogP contribution in [-0.2, 0) is 9.53 Å². The van der Waals surface area contributed by atoms with Crippen LogP contribution in [0, 0.1) is 5.92 Å². The van der Waals surface area contributed by atoms with Gasteiger partial charge in [0.1, 0.15) is 6.10 Å². The fourth-order valence-electron chi connectivity index (χ4n) is 3.26. The number of rotatable bonds is 6. The molecule has 2 aliphatic heterocycles. The van der Waals surface area contributed by atoms with Gasteiger partial charge in [0.2, 0.25) is 0 Å². The quantitative estimate of drug-likeness (QED) is 0.745. The topological polar surface area (TPSA) is 58.8 Å². The van der Waals surface area contributed by atoms with Crippen molar-refractivity contribution < 1.29 is 9.53 Å². The van der Waals surface area contributed by atoms with Crippen LogP contribution in [0.4, 0.5) is 0 Å². The summed E-state index contributed by atoms with van der Waals surface area (Å²) in [5.41, 5.74) is 5.53. The molecule has 1 amide bonds. The van der Waals surface area contributed by atoms with Gasteiger partial charge in [0.05, 0.1) is 0 Å². The molecule has 21 heavy (non-hydrogen) atoms. The molecule has 0 aromatic carbocycles. The Hall–Kier alpha value is -0.650. The van der Waals surface area contributed by atoms with Crippen LogP contribution in [0.2, 0.25) is 0 Å². The Morgan fingerprint density at radius 2 is 2.05 bits per heavy atom. The minimum absolute atomic E-state index is 0.193. The van der Waals surface area contributed by atoms with Crippen LogP contribution in [0.15, 0.2) is 0 Å². The second kappa shape index (κ2) is 8.71. The summed E-state index contributed by atoms with van der Waals surface area (Å²) in [4.78, 5) is 17.0. The Balaban J connectivity index is 1.73. The molecule has 2 atom stereocenters. The summed E-state index contributed by atoms with van der Waals surface area (Å²) in [6.45, 7) is 8.62. The third-order valence-corrected chi connectivity index (χ3v) is 4.71. The first-order chi connectivity index (χ1) is 10.2. The average molecular weight is 297 g/mol. The third kappa shape index (κ3) is 4.94. The molecule has 0 aromatic heterocycles. The molecular weight excluding hydrogens is 266 g/mol. The van der Waals surface area contributed by atoms with Crippen molar-refractivity contribution in [3.8, 4) is 0 Å². The minimum atomic E-state index is -0.193. The molecule has 2 heterocycles. The van der Waals surface area contributed by atoms with Crippen molar-refractivity contribution in [3.05, 3.63) is 0 Å². The molecule has 2 rings (SSSR count). The van der Waals surface area contributed by atoms with Gasteiger partial charge in [0, 0.05) is 26.2 Å². The predicted octanol–water partition coefficient (Wildman–Crippen LogP) is 1.07. The van der Waals surface area contributed by atoms with Gasteiger partial charge < -0.3 is 20.3 Å². The first-order valence-corrected chi connectivity index (χ1v) is 8.55. The van der Waals surface area contributed by atoms with Crippen molar-refractivity contribution in [2.75, 3.05) is 45.9 Å². The summed E-state index contributed by atoms with van der Waals surface area (Å²) in [5, 5.41) is 0. The lowest BCUT2D eigenvalue weighted by Gasteiger charge is -2.25. The average Bonchev–Trinajstić information content (AvgIpc) is 2.77. The molecular formula is C16H31N3O2. The van der Waals surface area contributed by atoms with E-state index in [0.29, 0.717) is 5.92 Å². The SMILES string of the molecule is CC1CCOC1C(=O)N1CCCN(CCCCCN)CC1. The van der Waals surface area contributed by atoms with E-state index in [1.807, 2.05) is 4.90 Å². The van der Waals surface area contributed by atoms with E-state index in [9.17, 15) is 4.79 Å². The lowest BCUT2D eigenvalue weighted by atomic mass is 10.0. The summed E-state index contributed by atoms with van der Waals surface area (Å²) >= 11 is 0. The van der Waals surface area contributed by atoms with Gasteiger partial charge in [-0.1, -0.05) is 13.3 Å². The number of unbranched alkanes of at least 4 members (excludes halogenated alkanes) is 2. The molecule has 5 nitrogen and oxygen atoms in total. The molecule has 2 N–H and O–H groups in total. The second-order valence-electron chi connectivity index (χ2n) is 6.43. The predicted molar refractivity (Wildman–Crippen MR) is 84.1 cm³/mol. The number of amides is 1. The number of ether oxygens (including phenoxy) is 1. The van der Waals surface area contributed by atoms with Crippen LogP contribution in [-0.4, -0.2) is 67.7 Å². The zero-order chi connectivity index (χ0) is 15.1. The van der Waals surface area contributed by atoms with Crippen LogP contribution in [0.25, 0.3) is 0 Å². The molecule has 0 bridgehead atoms. The van der Waals surface area contributed by atoms with Gasteiger partial charge in [-0.2, -0.15) is 0 Å². The molecule has 0 radical (unpaired) electrons. The van der Waals surface area contributed by atoms with Gasteiger partial charge in [-0.3, -0.25) is 4.79 Å². The van der Waals surface area contributed by atoms with E-state index < -0.39 is 0 Å². The smallest absolute Gasteiger partial charge is 0.252 e. The number of carbonyl (C=O) groups is 1. The number of nitrogens with zero attached hydrogens (tertiary/aromatic N) is 2. The van der Waals surface area contributed by atoms with E-state index in [2.05, 4.69) is 11.8 Å². The summed E-state index contributed by atoms with van der Waals surface area (Å²) in [6, 6.07) is 0. The van der Waals surface area contributed by atoms with Gasteiger partial charge >= 0.3 is 0 Å². The van der Waals surface area contributed by atoms with Crippen molar-refractivity contribution in [1.29, 1.82) is 0 Å². The molecule has 0 saturated carbocycles. The number of hydrogen-bond acceptors (Lipinski definition) is 4. The number of hydrogen-bond donors (Lipinski definition) is 1. The maximum atomic E-state index is 12.5. The Morgan fingerprint density at radius 3 is 2.76 bits per heavy atom. The number of carbonyl (C=O) groups excluding carboxylic acids is 1. The van der Waals surface area contributed by atoms with Gasteiger partial charge in [-0.05, 0) is 51.2 Å². The highest BCUT2D eigenvalue weighted by Crippen LogP contribution is 2.22. The highest BCUT2D eigenvalue weighted by Gasteiger charge is 2.34. The molecule has 2 fully saturated rings. The van der Waals surface area contributed by atoms with Gasteiger partial charge in [0.15, 0.2) is 0 Å². The largest absolute Gasteiger partial charge is 0.368 e. The second-order valence-corrected chi connectivity index (χ2v) is 6.43. The Bertz CT molecular complexity index is 325. The number of nitrogens with two attached hydrogens (primary N) is 1. The highest BCUT2D eigenvalue weighted by atomic mass is 16.5. The monoisotopic (exact) mass is 297 g/mol. The van der Waals surface area contributed by atoms with Crippen molar-refractivity contribution in [2.24, 2.45) is 11.7 Å². The summed E-state index contributed by atoms with van der Waals surface area (Å²) in [6.07, 6.45) is 5.44. The fraction of sp³-hybridized carbons (Fsp3) is 0.938. The van der Waals surface area contributed by atoms with Crippen LogP contribution in [0.1, 0.15) is 39.0 Å². The first kappa shape index (κ1) is 16.7. The lowest BCUT2D eigenvalue weighted by molar-refractivity contribution is -0.142. The summed E-state index contributed by atoms with van der Waals surface area (Å²) in [7, 11) is 0. The van der Waals surface area contributed by atoms with Gasteiger partial charge in [-0.25, -0.2) is 0 Å². The Kier molecular flexibility index (Phi) is 6.93. The molecule has 0 spiro atoms. The minimum Gasteiger partial charge on any atom is -0.368 e. The maximum absolute atomic E-state index is 12.5. The third-order valence-electron chi connectivity index (χ3n) is 4.71. The van der Waals surface area contributed by atoms with Crippen LogP contribution in [0.3, 0.4) is 0 Å². The van der Waals surface area contributed by atoms with Crippen molar-refractivity contribution >= 4 is 5.91 Å². The zero-order valence-corrected chi connectivity index (χ0v) is 13.4. The molecule has 0 aliphatic carbocycles. The Labute approximate surface area is 128 Å². The fourth-order valence-corrected chi connectivity index (χ4v) is 3.26. The molecule has 5 heteroatoms. The van der Waals surface area contributed by atoms with Gasteiger partial charge in [0.25, 0.3) is 5.91 Å². The van der Waals surface area contributed by atoms with E-state index in [4.69, 9.17) is 10.5 Å². The lowest BCUT2D eigenvalue weighted by Crippen LogP contribution is -2.43. The molecule has 0 aromatic rings. The first-order valence-electron chi connectivity index (χ1n) is 8.55. The van der Waals surface area contributed by atoms with Gasteiger partial charge in [-0.15, -0.1) is 0 Å². The van der Waals surface area contributed by atoms with E-state index in [1.54, 1.807) is 0 Å². The standard InChI is InChI=1S/C16H31N3O2/c1-14-6-13-21-15(14)16(20)19-10-5-9-18(11-12-19)8-4-2-3-7-17/h14-15H,2-13,17H2,1H3. The zero-order valence-electron chi connectivity index (χ0n) is 13.4. The molecule has 122 valence electrons. The van der Waals surface area contributed by atoms with E-state index in [-0.39, 0.29) is 12.0 Å². The molecule has 2 unspecified atom stereocenters. The van der Waals surface area contributed by atoms with Crippen molar-refractivity contribution in [3.63, 3.8) is 0 Å². The summed E-state index contributed by atoms with van der Waals surface area (Å²) < 4.78 is 5.62. The van der Waals surface area contributed by atoms with E-state index >= 15 is 0 Å². The van der Waals surface area contributed by atoms with Crippen LogP contribution < -0.4 is 5.73 Å². The highest BCUT2D eigenvalue weighted by molar-refractivity contribution is 5.81.